The van der Waals surface area contributed by atoms with Crippen LogP contribution in [0.5, 0.6) is 0 Å². The van der Waals surface area contributed by atoms with E-state index in [-0.39, 0.29) is 11.9 Å². The molecule has 0 saturated carbocycles. The second-order valence-corrected chi connectivity index (χ2v) is 8.80. The number of rotatable bonds is 4. The van der Waals surface area contributed by atoms with Crippen LogP contribution >= 0.6 is 0 Å². The Morgan fingerprint density at radius 2 is 1.90 bits per heavy atom. The van der Waals surface area contributed by atoms with Crippen LogP contribution in [0.4, 0.5) is 10.5 Å². The minimum absolute atomic E-state index is 0.177. The van der Waals surface area contributed by atoms with E-state index in [9.17, 15) is 9.59 Å². The summed E-state index contributed by atoms with van der Waals surface area (Å²) in [5.74, 6) is 0.557. The van der Waals surface area contributed by atoms with Crippen molar-refractivity contribution in [3.8, 4) is 0 Å². The topological polar surface area (TPSA) is 87.3 Å². The van der Waals surface area contributed by atoms with Gasteiger partial charge in [-0.25, -0.2) is 9.78 Å². The Kier molecular flexibility index (Phi) is 5.43. The number of hydrogen-bond acceptors (Lipinski definition) is 4. The molecule has 2 N–H and O–H groups in total. The molecule has 3 aromatic rings. The number of carbonyl (C=O) groups is 2. The van der Waals surface area contributed by atoms with Gasteiger partial charge in [0.15, 0.2) is 0 Å². The van der Waals surface area contributed by atoms with Crippen molar-refractivity contribution in [2.45, 2.75) is 58.2 Å². The van der Waals surface area contributed by atoms with E-state index in [0.717, 1.165) is 28.1 Å². The Labute approximate surface area is 181 Å². The van der Waals surface area contributed by atoms with Crippen LogP contribution in [0, 0.1) is 0 Å². The third-order valence-electron chi connectivity index (χ3n) is 5.33. The van der Waals surface area contributed by atoms with Crippen molar-refractivity contribution in [2.75, 3.05) is 4.90 Å². The van der Waals surface area contributed by atoms with Crippen molar-refractivity contribution in [1.82, 2.24) is 15.3 Å². The summed E-state index contributed by atoms with van der Waals surface area (Å²) in [4.78, 5) is 35.9. The van der Waals surface area contributed by atoms with Crippen molar-refractivity contribution >= 4 is 28.7 Å². The van der Waals surface area contributed by atoms with Gasteiger partial charge in [-0.15, -0.1) is 0 Å². The first kappa shape index (κ1) is 20.9. The number of nitrogens with zero attached hydrogens (tertiary/aromatic N) is 2. The number of para-hydroxylation sites is 3. The highest BCUT2D eigenvalue weighted by Crippen LogP contribution is 2.40. The normalized spacial score (nSPS) is 16.8. The van der Waals surface area contributed by atoms with Crippen LogP contribution in [0.1, 0.15) is 51.5 Å². The molecule has 2 amide bonds. The molecule has 1 aromatic heterocycles. The molecule has 7 heteroatoms. The lowest BCUT2D eigenvalue weighted by atomic mass is 10.1. The van der Waals surface area contributed by atoms with Gasteiger partial charge in [0.25, 0.3) is 0 Å². The van der Waals surface area contributed by atoms with Gasteiger partial charge in [0, 0.05) is 12.1 Å². The molecular weight excluding hydrogens is 392 g/mol. The summed E-state index contributed by atoms with van der Waals surface area (Å²) in [7, 11) is 0. The Morgan fingerprint density at radius 1 is 1.19 bits per heavy atom. The average molecular weight is 421 g/mol. The highest BCUT2D eigenvalue weighted by atomic mass is 16.6. The maximum absolute atomic E-state index is 13.7. The quantitative estimate of drug-likeness (QED) is 0.651. The highest BCUT2D eigenvalue weighted by molar-refractivity contribution is 6.01. The number of nitrogens with one attached hydrogen (secondary N) is 2. The van der Waals surface area contributed by atoms with E-state index in [1.54, 1.807) is 25.7 Å². The fourth-order valence-corrected chi connectivity index (χ4v) is 3.96. The van der Waals surface area contributed by atoms with Crippen molar-refractivity contribution in [3.05, 3.63) is 59.9 Å². The molecule has 0 fully saturated rings. The van der Waals surface area contributed by atoms with Gasteiger partial charge in [-0.05, 0) is 51.0 Å². The maximum Gasteiger partial charge on any atom is 0.408 e. The summed E-state index contributed by atoms with van der Waals surface area (Å²) in [5.41, 5.74) is 3.08. The Morgan fingerprint density at radius 3 is 2.61 bits per heavy atom. The molecule has 1 aliphatic heterocycles. The number of anilines is 1. The molecule has 0 radical (unpaired) electrons. The molecular formula is C24H28N4O3. The molecule has 0 spiro atoms. The number of fused-ring (bicyclic) bond motifs is 2. The van der Waals surface area contributed by atoms with Crippen LogP contribution in [-0.2, 0) is 16.0 Å². The van der Waals surface area contributed by atoms with Crippen LogP contribution in [0.2, 0.25) is 0 Å². The lowest BCUT2D eigenvalue weighted by Crippen LogP contribution is -2.50. The summed E-state index contributed by atoms with van der Waals surface area (Å²) >= 11 is 0. The molecule has 2 aromatic carbocycles. The van der Waals surface area contributed by atoms with Gasteiger partial charge in [0.2, 0.25) is 5.91 Å². The average Bonchev–Trinajstić information content (AvgIpc) is 3.31. The van der Waals surface area contributed by atoms with Gasteiger partial charge >= 0.3 is 6.09 Å². The van der Waals surface area contributed by atoms with E-state index in [4.69, 9.17) is 9.72 Å². The molecule has 31 heavy (non-hydrogen) atoms. The Balaban J connectivity index is 1.66. The second-order valence-electron chi connectivity index (χ2n) is 8.80. The first-order valence-electron chi connectivity index (χ1n) is 10.6. The van der Waals surface area contributed by atoms with E-state index >= 15 is 0 Å². The largest absolute Gasteiger partial charge is 0.444 e. The number of benzene rings is 2. The first-order chi connectivity index (χ1) is 14.8. The summed E-state index contributed by atoms with van der Waals surface area (Å²) in [6, 6.07) is 14.7. The molecule has 2 heterocycles. The standard InChI is InChI=1S/C24H28N4O3/c1-5-16(27-23(30)31-24(2,3)4)22(29)28-19-13-9-6-10-15(19)14-20(28)21-25-17-11-7-8-12-18(17)26-21/h6-13,16,20H,5,14H2,1-4H3,(H,25,26)(H,27,30). The van der Waals surface area contributed by atoms with Crippen LogP contribution < -0.4 is 10.2 Å². The predicted octanol–water partition coefficient (Wildman–Crippen LogP) is 4.50. The number of ether oxygens (including phenoxy) is 1. The third kappa shape index (κ3) is 4.26. The summed E-state index contributed by atoms with van der Waals surface area (Å²) in [6.45, 7) is 7.26. The fourth-order valence-electron chi connectivity index (χ4n) is 3.96. The van der Waals surface area contributed by atoms with Crippen molar-refractivity contribution in [3.63, 3.8) is 0 Å². The maximum atomic E-state index is 13.7. The molecule has 0 bridgehead atoms. The van der Waals surface area contributed by atoms with E-state index in [1.165, 1.54) is 0 Å². The molecule has 1 aliphatic rings. The van der Waals surface area contributed by atoms with Gasteiger partial charge in [-0.2, -0.15) is 0 Å². The Hall–Kier alpha value is -3.35. The highest BCUT2D eigenvalue weighted by Gasteiger charge is 2.39. The number of carbonyl (C=O) groups excluding carboxylic acids is 2. The van der Waals surface area contributed by atoms with E-state index in [0.29, 0.717) is 12.8 Å². The minimum Gasteiger partial charge on any atom is -0.444 e. The van der Waals surface area contributed by atoms with Gasteiger partial charge in [0.05, 0.1) is 17.1 Å². The zero-order valence-electron chi connectivity index (χ0n) is 18.3. The molecule has 4 rings (SSSR count). The van der Waals surface area contributed by atoms with Crippen molar-refractivity contribution in [2.24, 2.45) is 0 Å². The minimum atomic E-state index is -0.701. The van der Waals surface area contributed by atoms with Crippen LogP contribution in [0.25, 0.3) is 11.0 Å². The number of imidazole rings is 1. The molecule has 2 unspecified atom stereocenters. The molecule has 0 aliphatic carbocycles. The smallest absolute Gasteiger partial charge is 0.408 e. The Bertz CT molecular complexity index is 1080. The van der Waals surface area contributed by atoms with E-state index in [1.807, 2.05) is 55.5 Å². The number of H-pyrrole nitrogens is 1. The zero-order chi connectivity index (χ0) is 22.2. The SMILES string of the molecule is CCC(NC(=O)OC(C)(C)C)C(=O)N1c2ccccc2CC1c1nc2ccccc2[nH]1. The molecule has 2 atom stereocenters. The monoisotopic (exact) mass is 420 g/mol. The van der Waals surface area contributed by atoms with Crippen molar-refractivity contribution in [1.29, 1.82) is 0 Å². The third-order valence-corrected chi connectivity index (χ3v) is 5.33. The van der Waals surface area contributed by atoms with Crippen LogP contribution in [0.15, 0.2) is 48.5 Å². The van der Waals surface area contributed by atoms with E-state index in [2.05, 4.69) is 10.3 Å². The van der Waals surface area contributed by atoms with Gasteiger partial charge < -0.3 is 15.0 Å². The molecule has 162 valence electrons. The fraction of sp³-hybridized carbons (Fsp3) is 0.375. The lowest BCUT2D eigenvalue weighted by molar-refractivity contribution is -0.121. The van der Waals surface area contributed by atoms with Gasteiger partial charge in [-0.1, -0.05) is 37.3 Å². The summed E-state index contributed by atoms with van der Waals surface area (Å²) in [5, 5.41) is 2.75. The summed E-state index contributed by atoms with van der Waals surface area (Å²) < 4.78 is 5.36. The first-order valence-corrected chi connectivity index (χ1v) is 10.6. The van der Waals surface area contributed by atoms with Gasteiger partial charge in [-0.3, -0.25) is 9.69 Å². The number of alkyl carbamates (subject to hydrolysis) is 1. The van der Waals surface area contributed by atoms with Crippen molar-refractivity contribution < 1.29 is 14.3 Å². The zero-order valence-corrected chi connectivity index (χ0v) is 18.3. The summed E-state index contributed by atoms with van der Waals surface area (Å²) in [6.07, 6.45) is 0.509. The van der Waals surface area contributed by atoms with Crippen LogP contribution in [0.3, 0.4) is 0 Å². The molecule has 7 nitrogen and oxygen atoms in total. The molecule has 0 saturated heterocycles. The van der Waals surface area contributed by atoms with Gasteiger partial charge in [0.1, 0.15) is 17.5 Å². The van der Waals surface area contributed by atoms with Crippen LogP contribution in [-0.4, -0.2) is 33.6 Å². The predicted molar refractivity (Wildman–Crippen MR) is 120 cm³/mol. The number of amides is 2. The number of aromatic nitrogens is 2. The lowest BCUT2D eigenvalue weighted by Gasteiger charge is -2.29. The number of hydrogen-bond donors (Lipinski definition) is 2. The number of aromatic amines is 1. The van der Waals surface area contributed by atoms with E-state index < -0.39 is 17.7 Å². The second kappa shape index (κ2) is 8.06.